The fourth-order valence-corrected chi connectivity index (χ4v) is 2.26. The molecule has 0 saturated carbocycles. The average molecular weight is 327 g/mol. The van der Waals surface area contributed by atoms with Crippen LogP contribution in [-0.2, 0) is 6.42 Å². The normalized spacial score (nSPS) is 12.4. The average Bonchev–Trinajstić information content (AvgIpc) is 2.40. The van der Waals surface area contributed by atoms with E-state index in [9.17, 15) is 13.9 Å². The summed E-state index contributed by atoms with van der Waals surface area (Å²) in [5.74, 6) is -1.47. The predicted octanol–water partition coefficient (Wildman–Crippen LogP) is 4.05. The largest absolute Gasteiger partial charge is 0.396 e. The maximum atomic E-state index is 13.6. The summed E-state index contributed by atoms with van der Waals surface area (Å²) in [7, 11) is 0. The molecule has 1 nitrogen and oxygen atoms in total. The van der Waals surface area contributed by atoms with E-state index in [-0.39, 0.29) is 24.5 Å². The van der Waals surface area contributed by atoms with Crippen molar-refractivity contribution in [1.29, 1.82) is 0 Å². The van der Waals surface area contributed by atoms with E-state index in [2.05, 4.69) is 15.9 Å². The van der Waals surface area contributed by atoms with E-state index >= 15 is 0 Å². The second-order valence-corrected chi connectivity index (χ2v) is 5.25. The highest BCUT2D eigenvalue weighted by atomic mass is 79.9. The first-order valence-electron chi connectivity index (χ1n) is 5.91. The Morgan fingerprint density at radius 1 is 1.00 bits per heavy atom. The SMILES string of the molecule is OCC(Cc1c(F)cccc1F)c1ccc(Br)cc1. The van der Waals surface area contributed by atoms with Gasteiger partial charge in [-0.15, -0.1) is 0 Å². The van der Waals surface area contributed by atoms with E-state index in [1.54, 1.807) is 0 Å². The molecule has 0 spiro atoms. The minimum atomic E-state index is -0.574. The fourth-order valence-electron chi connectivity index (χ4n) is 2.00. The molecule has 0 saturated heterocycles. The molecule has 0 radical (unpaired) electrons. The van der Waals surface area contributed by atoms with E-state index in [1.165, 1.54) is 18.2 Å². The molecule has 0 bridgehead atoms. The molecule has 0 aromatic heterocycles. The Balaban J connectivity index is 2.26. The summed E-state index contributed by atoms with van der Waals surface area (Å²) in [6.07, 6.45) is 0.136. The molecule has 0 aliphatic rings. The topological polar surface area (TPSA) is 20.2 Å². The maximum Gasteiger partial charge on any atom is 0.129 e. The second kappa shape index (κ2) is 6.26. The number of rotatable bonds is 4. The summed E-state index contributed by atoms with van der Waals surface area (Å²) in [5.41, 5.74) is 0.873. The first-order valence-corrected chi connectivity index (χ1v) is 6.70. The fraction of sp³-hybridized carbons (Fsp3) is 0.200. The van der Waals surface area contributed by atoms with Gasteiger partial charge in [-0.2, -0.15) is 0 Å². The van der Waals surface area contributed by atoms with Crippen molar-refractivity contribution in [3.8, 4) is 0 Å². The third-order valence-electron chi connectivity index (χ3n) is 3.07. The molecule has 0 aliphatic heterocycles. The zero-order valence-electron chi connectivity index (χ0n) is 10.1. The first kappa shape index (κ1) is 14.2. The van der Waals surface area contributed by atoms with Crippen LogP contribution in [0, 0.1) is 11.6 Å². The molecule has 19 heavy (non-hydrogen) atoms. The van der Waals surface area contributed by atoms with Crippen LogP contribution in [0.15, 0.2) is 46.9 Å². The molecule has 100 valence electrons. The van der Waals surface area contributed by atoms with Crippen LogP contribution in [0.25, 0.3) is 0 Å². The van der Waals surface area contributed by atoms with Crippen molar-refractivity contribution < 1.29 is 13.9 Å². The Labute approximate surface area is 119 Å². The van der Waals surface area contributed by atoms with Crippen LogP contribution in [0.3, 0.4) is 0 Å². The van der Waals surface area contributed by atoms with Crippen LogP contribution in [0.5, 0.6) is 0 Å². The van der Waals surface area contributed by atoms with Crippen molar-refractivity contribution in [2.45, 2.75) is 12.3 Å². The van der Waals surface area contributed by atoms with Gasteiger partial charge in [0, 0.05) is 16.0 Å². The van der Waals surface area contributed by atoms with E-state index in [0.717, 1.165) is 10.0 Å². The molecule has 0 heterocycles. The van der Waals surface area contributed by atoms with Gasteiger partial charge in [-0.25, -0.2) is 8.78 Å². The lowest BCUT2D eigenvalue weighted by atomic mass is 9.92. The Hall–Kier alpha value is -1.26. The minimum absolute atomic E-state index is 0.0180. The highest BCUT2D eigenvalue weighted by Gasteiger charge is 2.16. The van der Waals surface area contributed by atoms with Crippen LogP contribution in [0.2, 0.25) is 0 Å². The number of hydrogen-bond donors (Lipinski definition) is 1. The monoisotopic (exact) mass is 326 g/mol. The Bertz CT molecular complexity index is 534. The van der Waals surface area contributed by atoms with Gasteiger partial charge >= 0.3 is 0 Å². The molecule has 0 aliphatic carbocycles. The molecule has 0 fully saturated rings. The first-order chi connectivity index (χ1) is 9.11. The van der Waals surface area contributed by atoms with Gasteiger partial charge in [0.05, 0.1) is 6.61 Å². The second-order valence-electron chi connectivity index (χ2n) is 4.34. The standard InChI is InChI=1S/C15H13BrF2O/c16-12-6-4-10(5-7-12)11(9-19)8-13-14(17)2-1-3-15(13)18/h1-7,11,19H,8-9H2. The van der Waals surface area contributed by atoms with Gasteiger partial charge in [-0.05, 0) is 36.2 Å². The molecule has 2 aromatic carbocycles. The molecule has 2 aromatic rings. The summed E-state index contributed by atoms with van der Waals surface area (Å²) in [4.78, 5) is 0. The van der Waals surface area contributed by atoms with E-state index < -0.39 is 11.6 Å². The summed E-state index contributed by atoms with van der Waals surface area (Å²) < 4.78 is 28.1. The van der Waals surface area contributed by atoms with Crippen molar-refractivity contribution in [1.82, 2.24) is 0 Å². The van der Waals surface area contributed by atoms with E-state index in [4.69, 9.17) is 0 Å². The summed E-state index contributed by atoms with van der Waals surface area (Å²) >= 11 is 3.32. The lowest BCUT2D eigenvalue weighted by Crippen LogP contribution is -2.10. The van der Waals surface area contributed by atoms with Gasteiger partial charge in [0.25, 0.3) is 0 Å². The number of aliphatic hydroxyl groups is 1. The van der Waals surface area contributed by atoms with E-state index in [0.29, 0.717) is 0 Å². The lowest BCUT2D eigenvalue weighted by molar-refractivity contribution is 0.263. The summed E-state index contributed by atoms with van der Waals surface area (Å²) in [5, 5.41) is 9.44. The van der Waals surface area contributed by atoms with Crippen LogP contribution < -0.4 is 0 Å². The zero-order chi connectivity index (χ0) is 13.8. The third-order valence-corrected chi connectivity index (χ3v) is 3.60. The van der Waals surface area contributed by atoms with Gasteiger partial charge in [0.15, 0.2) is 0 Å². The summed E-state index contributed by atoms with van der Waals surface area (Å²) in [6.45, 7) is -0.157. The van der Waals surface area contributed by atoms with Crippen LogP contribution in [-0.4, -0.2) is 11.7 Å². The molecule has 1 N–H and O–H groups in total. The van der Waals surface area contributed by atoms with Gasteiger partial charge in [0.2, 0.25) is 0 Å². The van der Waals surface area contributed by atoms with Crippen LogP contribution in [0.4, 0.5) is 8.78 Å². The predicted molar refractivity (Wildman–Crippen MR) is 74.0 cm³/mol. The lowest BCUT2D eigenvalue weighted by Gasteiger charge is -2.15. The van der Waals surface area contributed by atoms with Crippen LogP contribution in [0.1, 0.15) is 17.0 Å². The van der Waals surface area contributed by atoms with Gasteiger partial charge < -0.3 is 5.11 Å². The molecular formula is C15H13BrF2O. The maximum absolute atomic E-state index is 13.6. The van der Waals surface area contributed by atoms with E-state index in [1.807, 2.05) is 24.3 Å². The molecular weight excluding hydrogens is 314 g/mol. The third kappa shape index (κ3) is 3.39. The quantitative estimate of drug-likeness (QED) is 0.898. The van der Waals surface area contributed by atoms with Crippen molar-refractivity contribution in [2.24, 2.45) is 0 Å². The minimum Gasteiger partial charge on any atom is -0.396 e. The smallest absolute Gasteiger partial charge is 0.129 e. The zero-order valence-corrected chi connectivity index (χ0v) is 11.7. The molecule has 1 unspecified atom stereocenters. The highest BCUT2D eigenvalue weighted by molar-refractivity contribution is 9.10. The highest BCUT2D eigenvalue weighted by Crippen LogP contribution is 2.25. The number of hydrogen-bond acceptors (Lipinski definition) is 1. The van der Waals surface area contributed by atoms with Crippen molar-refractivity contribution >= 4 is 15.9 Å². The summed E-state index contributed by atoms with van der Waals surface area (Å²) in [6, 6.07) is 11.2. The van der Waals surface area contributed by atoms with Crippen LogP contribution >= 0.6 is 15.9 Å². The molecule has 1 atom stereocenters. The van der Waals surface area contributed by atoms with Crippen molar-refractivity contribution in [3.05, 3.63) is 69.7 Å². The van der Waals surface area contributed by atoms with Gasteiger partial charge in [-0.3, -0.25) is 0 Å². The van der Waals surface area contributed by atoms with Gasteiger partial charge in [-0.1, -0.05) is 34.1 Å². The number of halogens is 3. The molecule has 2 rings (SSSR count). The number of aliphatic hydroxyl groups excluding tert-OH is 1. The Kier molecular flexibility index (Phi) is 4.66. The number of benzene rings is 2. The van der Waals surface area contributed by atoms with Gasteiger partial charge in [0.1, 0.15) is 11.6 Å². The molecule has 4 heteroatoms. The van der Waals surface area contributed by atoms with Crippen molar-refractivity contribution in [3.63, 3.8) is 0 Å². The Morgan fingerprint density at radius 2 is 1.58 bits per heavy atom. The molecule has 0 amide bonds. The Morgan fingerprint density at radius 3 is 2.11 bits per heavy atom. The van der Waals surface area contributed by atoms with Crippen molar-refractivity contribution in [2.75, 3.05) is 6.61 Å².